The molecule has 38 heavy (non-hydrogen) atoms. The molecule has 2 aromatic heterocycles. The molecule has 8 heteroatoms. The van der Waals surface area contributed by atoms with Crippen LogP contribution in [0, 0.1) is 17.7 Å². The summed E-state index contributed by atoms with van der Waals surface area (Å²) in [6, 6.07) is 8.77. The third-order valence-corrected chi connectivity index (χ3v) is 8.03. The third-order valence-electron chi connectivity index (χ3n) is 8.03. The lowest BCUT2D eigenvalue weighted by Gasteiger charge is -2.26. The van der Waals surface area contributed by atoms with Crippen molar-refractivity contribution in [3.63, 3.8) is 0 Å². The van der Waals surface area contributed by atoms with Crippen LogP contribution < -0.4 is 4.74 Å². The van der Waals surface area contributed by atoms with Gasteiger partial charge in [0.2, 0.25) is 0 Å². The van der Waals surface area contributed by atoms with Gasteiger partial charge in [0.15, 0.2) is 0 Å². The second-order valence-corrected chi connectivity index (χ2v) is 10.6. The standard InChI is InChI=1S/C24H28FN3O2.C6H10O2/c1-29-23-3-2-18(25)12-20(23)19-4-8-26-24-21(19)13-22(27-24)17-5-9-28(15-17)14-16-6-10-30-11-7-16;7-5-6-1-3-8-4-2-6/h2-4,8,12-13,16-17H,5-7,9-11,14-15H2,1H3,(H,26,27);5-6H,1-4H2. The number of hydrogen-bond donors (Lipinski definition) is 1. The van der Waals surface area contributed by atoms with Crippen LogP contribution in [0.15, 0.2) is 36.5 Å². The molecule has 3 fully saturated rings. The predicted molar refractivity (Wildman–Crippen MR) is 145 cm³/mol. The third kappa shape index (κ3) is 6.42. The lowest BCUT2D eigenvalue weighted by Crippen LogP contribution is -2.30. The number of fused-ring (bicyclic) bond motifs is 1. The summed E-state index contributed by atoms with van der Waals surface area (Å²) in [7, 11) is 1.61. The van der Waals surface area contributed by atoms with E-state index in [1.807, 2.05) is 6.07 Å². The Morgan fingerprint density at radius 3 is 2.53 bits per heavy atom. The number of likely N-dealkylation sites (tertiary alicyclic amines) is 1. The summed E-state index contributed by atoms with van der Waals surface area (Å²) in [5.41, 5.74) is 3.76. The summed E-state index contributed by atoms with van der Waals surface area (Å²) in [6.45, 7) is 6.72. The molecule has 204 valence electrons. The Labute approximate surface area is 223 Å². The lowest BCUT2D eigenvalue weighted by atomic mass is 9.99. The Bertz CT molecular complexity index is 1200. The fourth-order valence-electron chi connectivity index (χ4n) is 5.79. The van der Waals surface area contributed by atoms with Gasteiger partial charge in [0, 0.05) is 74.2 Å². The monoisotopic (exact) mass is 523 g/mol. The molecule has 3 aliphatic rings. The van der Waals surface area contributed by atoms with Crippen molar-refractivity contribution in [3.8, 4) is 16.9 Å². The van der Waals surface area contributed by atoms with Crippen LogP contribution in [-0.4, -0.2) is 74.3 Å². The van der Waals surface area contributed by atoms with Crippen molar-refractivity contribution in [1.29, 1.82) is 0 Å². The molecular weight excluding hydrogens is 485 g/mol. The number of nitrogens with one attached hydrogen (secondary N) is 1. The second kappa shape index (κ2) is 12.8. The Hall–Kier alpha value is -2.81. The molecule has 3 aliphatic heterocycles. The van der Waals surface area contributed by atoms with Gasteiger partial charge < -0.3 is 28.9 Å². The van der Waals surface area contributed by atoms with Crippen molar-refractivity contribution in [1.82, 2.24) is 14.9 Å². The van der Waals surface area contributed by atoms with Gasteiger partial charge in [-0.15, -0.1) is 0 Å². The van der Waals surface area contributed by atoms with Gasteiger partial charge >= 0.3 is 0 Å². The van der Waals surface area contributed by atoms with Gasteiger partial charge in [0.25, 0.3) is 0 Å². The second-order valence-electron chi connectivity index (χ2n) is 10.6. The van der Waals surface area contributed by atoms with E-state index in [2.05, 4.69) is 20.9 Å². The number of pyridine rings is 1. The highest BCUT2D eigenvalue weighted by Crippen LogP contribution is 2.37. The molecule has 0 amide bonds. The Kier molecular flexibility index (Phi) is 9.04. The molecule has 0 aliphatic carbocycles. The summed E-state index contributed by atoms with van der Waals surface area (Å²) >= 11 is 0. The Balaban J connectivity index is 0.000000316. The van der Waals surface area contributed by atoms with E-state index in [0.29, 0.717) is 11.7 Å². The number of halogens is 1. The van der Waals surface area contributed by atoms with Gasteiger partial charge in [-0.2, -0.15) is 0 Å². The fourth-order valence-corrected chi connectivity index (χ4v) is 5.79. The molecule has 0 bridgehead atoms. The van der Waals surface area contributed by atoms with E-state index in [-0.39, 0.29) is 11.7 Å². The number of aldehydes is 1. The average Bonchev–Trinajstić information content (AvgIpc) is 3.61. The number of rotatable bonds is 6. The number of hydrogen-bond acceptors (Lipinski definition) is 6. The maximum atomic E-state index is 14.0. The highest BCUT2D eigenvalue weighted by molar-refractivity contribution is 5.95. The summed E-state index contributed by atoms with van der Waals surface area (Å²) in [6.07, 6.45) is 8.14. The molecule has 0 saturated carbocycles. The molecule has 1 aromatic carbocycles. The zero-order valence-electron chi connectivity index (χ0n) is 22.2. The molecule has 6 rings (SSSR count). The summed E-state index contributed by atoms with van der Waals surface area (Å²) in [4.78, 5) is 20.8. The Morgan fingerprint density at radius 1 is 1.05 bits per heavy atom. The van der Waals surface area contributed by atoms with Gasteiger partial charge in [-0.05, 0) is 80.5 Å². The fraction of sp³-hybridized carbons (Fsp3) is 0.533. The predicted octanol–water partition coefficient (Wildman–Crippen LogP) is 5.21. The number of aromatic amines is 1. The SMILES string of the molecule is COc1ccc(F)cc1-c1ccnc2[nH]c(C3CCN(CC4CCOCC4)C3)cc12.O=CC1CCOCC1. The largest absolute Gasteiger partial charge is 0.496 e. The Morgan fingerprint density at radius 2 is 1.82 bits per heavy atom. The summed E-state index contributed by atoms with van der Waals surface area (Å²) < 4.78 is 30.0. The molecule has 1 atom stereocenters. The zero-order valence-corrected chi connectivity index (χ0v) is 22.2. The van der Waals surface area contributed by atoms with Crippen molar-refractivity contribution in [2.24, 2.45) is 11.8 Å². The maximum absolute atomic E-state index is 14.0. The first-order chi connectivity index (χ1) is 18.6. The van der Waals surface area contributed by atoms with Crippen molar-refractivity contribution in [2.45, 2.75) is 38.0 Å². The number of H-pyrrole nitrogens is 1. The van der Waals surface area contributed by atoms with Gasteiger partial charge in [0.1, 0.15) is 23.5 Å². The molecule has 1 unspecified atom stereocenters. The first-order valence-corrected chi connectivity index (χ1v) is 13.8. The highest BCUT2D eigenvalue weighted by atomic mass is 19.1. The van der Waals surface area contributed by atoms with Crippen LogP contribution in [0.3, 0.4) is 0 Å². The van der Waals surface area contributed by atoms with Crippen molar-refractivity contribution < 1.29 is 23.4 Å². The molecule has 3 aromatic rings. The molecule has 1 N–H and O–H groups in total. The van der Waals surface area contributed by atoms with Crippen LogP contribution in [-0.2, 0) is 14.3 Å². The zero-order chi connectivity index (χ0) is 26.3. The first kappa shape index (κ1) is 26.8. The van der Waals surface area contributed by atoms with Gasteiger partial charge in [-0.25, -0.2) is 9.37 Å². The number of carbonyl (C=O) groups is 1. The van der Waals surface area contributed by atoms with E-state index in [9.17, 15) is 9.18 Å². The molecule has 7 nitrogen and oxygen atoms in total. The van der Waals surface area contributed by atoms with E-state index < -0.39 is 0 Å². The van der Waals surface area contributed by atoms with Crippen LogP contribution in [0.1, 0.15) is 43.7 Å². The van der Waals surface area contributed by atoms with Gasteiger partial charge in [-0.3, -0.25) is 0 Å². The lowest BCUT2D eigenvalue weighted by molar-refractivity contribution is -0.113. The first-order valence-electron chi connectivity index (χ1n) is 13.8. The van der Waals surface area contributed by atoms with Crippen LogP contribution in [0.2, 0.25) is 0 Å². The minimum atomic E-state index is -0.272. The minimum absolute atomic E-state index is 0.272. The van der Waals surface area contributed by atoms with E-state index in [1.165, 1.54) is 37.2 Å². The number of ether oxygens (including phenoxy) is 3. The molecule has 5 heterocycles. The molecule has 3 saturated heterocycles. The van der Waals surface area contributed by atoms with E-state index >= 15 is 0 Å². The number of carbonyl (C=O) groups excluding carboxylic acids is 1. The average molecular weight is 524 g/mol. The van der Waals surface area contributed by atoms with Crippen LogP contribution >= 0.6 is 0 Å². The molecule has 0 spiro atoms. The summed E-state index contributed by atoms with van der Waals surface area (Å²) in [5, 5.41) is 1.01. The van der Waals surface area contributed by atoms with E-state index in [4.69, 9.17) is 14.2 Å². The van der Waals surface area contributed by atoms with Gasteiger partial charge in [-0.1, -0.05) is 0 Å². The van der Waals surface area contributed by atoms with E-state index in [1.54, 1.807) is 19.4 Å². The summed E-state index contributed by atoms with van der Waals surface area (Å²) in [5.74, 6) is 1.90. The highest BCUT2D eigenvalue weighted by Gasteiger charge is 2.28. The number of nitrogens with zero attached hydrogens (tertiary/aromatic N) is 2. The van der Waals surface area contributed by atoms with Crippen LogP contribution in [0.25, 0.3) is 22.2 Å². The molecule has 0 radical (unpaired) electrons. The van der Waals surface area contributed by atoms with Crippen molar-refractivity contribution in [2.75, 3.05) is 53.2 Å². The van der Waals surface area contributed by atoms with Crippen molar-refractivity contribution >= 4 is 17.3 Å². The normalized spacial score (nSPS) is 21.3. The van der Waals surface area contributed by atoms with E-state index in [0.717, 1.165) is 93.1 Å². The maximum Gasteiger partial charge on any atom is 0.138 e. The number of aromatic nitrogens is 2. The molecular formula is C30H38FN3O4. The minimum Gasteiger partial charge on any atom is -0.496 e. The van der Waals surface area contributed by atoms with Gasteiger partial charge in [0.05, 0.1) is 7.11 Å². The van der Waals surface area contributed by atoms with Crippen molar-refractivity contribution in [3.05, 3.63) is 48.0 Å². The smallest absolute Gasteiger partial charge is 0.138 e. The number of methoxy groups -OCH3 is 1. The number of benzene rings is 1. The van der Waals surface area contributed by atoms with Crippen LogP contribution in [0.5, 0.6) is 5.75 Å². The quantitative estimate of drug-likeness (QED) is 0.448. The topological polar surface area (TPSA) is 76.7 Å². The van der Waals surface area contributed by atoms with Crippen LogP contribution in [0.4, 0.5) is 4.39 Å².